The van der Waals surface area contributed by atoms with Crippen LogP contribution in [0.25, 0.3) is 0 Å². The quantitative estimate of drug-likeness (QED) is 0.659. The first-order valence-corrected chi connectivity index (χ1v) is 8.99. The predicted molar refractivity (Wildman–Crippen MR) is 108 cm³/mol. The van der Waals surface area contributed by atoms with E-state index >= 15 is 0 Å². The van der Waals surface area contributed by atoms with Crippen molar-refractivity contribution >= 4 is 40.7 Å². The van der Waals surface area contributed by atoms with Gasteiger partial charge in [0.2, 0.25) is 0 Å². The van der Waals surface area contributed by atoms with Crippen LogP contribution >= 0.6 is 11.6 Å². The van der Waals surface area contributed by atoms with Crippen LogP contribution in [0.4, 0.5) is 11.4 Å². The molecular weight excluding hydrogens is 376 g/mol. The highest BCUT2D eigenvalue weighted by Crippen LogP contribution is 2.29. The summed E-state index contributed by atoms with van der Waals surface area (Å²) in [4.78, 5) is 38.7. The molecule has 0 unspecified atom stereocenters. The van der Waals surface area contributed by atoms with E-state index in [1.165, 1.54) is 0 Å². The Kier molecular flexibility index (Phi) is 4.45. The molecule has 1 aliphatic rings. The van der Waals surface area contributed by atoms with Gasteiger partial charge in [-0.25, -0.2) is 4.90 Å². The lowest BCUT2D eigenvalue weighted by molar-refractivity contribution is 0.0925. The second-order valence-corrected chi connectivity index (χ2v) is 6.81. The molecule has 0 fully saturated rings. The average Bonchev–Trinajstić information content (AvgIpc) is 2.96. The normalized spacial score (nSPS) is 12.9. The van der Waals surface area contributed by atoms with E-state index in [9.17, 15) is 14.4 Å². The van der Waals surface area contributed by atoms with Gasteiger partial charge in [0.1, 0.15) is 0 Å². The fraction of sp³-hybridized carbons (Fsp3) is 0.0455. The number of anilines is 2. The molecule has 5 nitrogen and oxygen atoms in total. The second kappa shape index (κ2) is 6.94. The van der Waals surface area contributed by atoms with Gasteiger partial charge in [-0.15, -0.1) is 0 Å². The van der Waals surface area contributed by atoms with Crippen molar-refractivity contribution in [1.29, 1.82) is 0 Å². The van der Waals surface area contributed by atoms with Crippen molar-refractivity contribution in [2.24, 2.45) is 0 Å². The molecule has 0 atom stereocenters. The molecule has 0 spiro atoms. The Balaban J connectivity index is 1.56. The van der Waals surface area contributed by atoms with Crippen LogP contribution in [0.5, 0.6) is 0 Å². The molecule has 3 aromatic carbocycles. The lowest BCUT2D eigenvalue weighted by Gasteiger charge is -2.14. The van der Waals surface area contributed by atoms with Gasteiger partial charge in [-0.2, -0.15) is 0 Å². The maximum atomic E-state index is 12.6. The van der Waals surface area contributed by atoms with Gasteiger partial charge < -0.3 is 5.32 Å². The highest BCUT2D eigenvalue weighted by molar-refractivity contribution is 6.34. The summed E-state index contributed by atoms with van der Waals surface area (Å²) in [6.45, 7) is 1.82. The third kappa shape index (κ3) is 2.96. The Morgan fingerprint density at radius 2 is 1.46 bits per heavy atom. The Bertz CT molecular complexity index is 1090. The zero-order valence-electron chi connectivity index (χ0n) is 14.9. The summed E-state index contributed by atoms with van der Waals surface area (Å²) in [5.41, 5.74) is 2.99. The Morgan fingerprint density at radius 3 is 2.07 bits per heavy atom. The van der Waals surface area contributed by atoms with Gasteiger partial charge in [0.05, 0.1) is 16.8 Å². The van der Waals surface area contributed by atoms with Crippen molar-refractivity contribution in [1.82, 2.24) is 0 Å². The maximum Gasteiger partial charge on any atom is 0.266 e. The second-order valence-electron chi connectivity index (χ2n) is 6.40. The minimum absolute atomic E-state index is 0.306. The fourth-order valence-electron chi connectivity index (χ4n) is 3.12. The molecule has 0 saturated carbocycles. The number of hydrogen-bond donors (Lipinski definition) is 1. The molecule has 0 bridgehead atoms. The van der Waals surface area contributed by atoms with Gasteiger partial charge in [-0.05, 0) is 61.0 Å². The molecule has 6 heteroatoms. The number of rotatable bonds is 3. The monoisotopic (exact) mass is 390 g/mol. The third-order valence-corrected chi connectivity index (χ3v) is 5.11. The predicted octanol–water partition coefficient (Wildman–Crippen LogP) is 4.70. The van der Waals surface area contributed by atoms with Gasteiger partial charge in [0, 0.05) is 16.3 Å². The number of imide groups is 1. The molecule has 1 N–H and O–H groups in total. The van der Waals surface area contributed by atoms with Gasteiger partial charge in [0.15, 0.2) is 0 Å². The van der Waals surface area contributed by atoms with Gasteiger partial charge in [-0.1, -0.05) is 29.8 Å². The van der Waals surface area contributed by atoms with Crippen molar-refractivity contribution < 1.29 is 14.4 Å². The first-order chi connectivity index (χ1) is 13.5. The zero-order valence-corrected chi connectivity index (χ0v) is 15.7. The smallest absolute Gasteiger partial charge is 0.266 e. The van der Waals surface area contributed by atoms with E-state index in [1.807, 2.05) is 6.92 Å². The molecule has 4 rings (SSSR count). The van der Waals surface area contributed by atoms with E-state index in [-0.39, 0.29) is 17.7 Å². The van der Waals surface area contributed by atoms with Crippen molar-refractivity contribution in [3.8, 4) is 0 Å². The Morgan fingerprint density at radius 1 is 0.857 bits per heavy atom. The molecule has 0 saturated heterocycles. The molecule has 28 heavy (non-hydrogen) atoms. The van der Waals surface area contributed by atoms with Crippen molar-refractivity contribution in [2.75, 3.05) is 10.2 Å². The third-order valence-electron chi connectivity index (χ3n) is 4.70. The summed E-state index contributed by atoms with van der Waals surface area (Å²) in [7, 11) is 0. The maximum absolute atomic E-state index is 12.6. The van der Waals surface area contributed by atoms with Crippen LogP contribution in [-0.2, 0) is 0 Å². The van der Waals surface area contributed by atoms with E-state index in [1.54, 1.807) is 66.7 Å². The van der Waals surface area contributed by atoms with Crippen LogP contribution in [0.15, 0.2) is 66.7 Å². The number of benzene rings is 3. The Labute approximate surface area is 166 Å². The van der Waals surface area contributed by atoms with Crippen LogP contribution in [-0.4, -0.2) is 17.7 Å². The number of carbonyl (C=O) groups is 3. The standard InChI is InChI=1S/C22H15ClN2O3/c1-13-18(23)7-4-8-19(13)24-20(26)14-9-11-15(12-10-14)25-21(27)16-5-2-3-6-17(16)22(25)28/h2-12H,1H3,(H,24,26). The van der Waals surface area contributed by atoms with Gasteiger partial charge >= 0.3 is 0 Å². The largest absolute Gasteiger partial charge is 0.322 e. The highest BCUT2D eigenvalue weighted by atomic mass is 35.5. The van der Waals surface area contributed by atoms with Crippen molar-refractivity contribution in [3.63, 3.8) is 0 Å². The number of fused-ring (bicyclic) bond motifs is 1. The van der Waals surface area contributed by atoms with Gasteiger partial charge in [0.25, 0.3) is 17.7 Å². The first kappa shape index (κ1) is 17.9. The molecular formula is C22H15ClN2O3. The number of nitrogens with one attached hydrogen (secondary N) is 1. The molecule has 0 aromatic heterocycles. The summed E-state index contributed by atoms with van der Waals surface area (Å²) < 4.78 is 0. The van der Waals surface area contributed by atoms with E-state index in [0.717, 1.165) is 10.5 Å². The summed E-state index contributed by atoms with van der Waals surface area (Å²) >= 11 is 6.08. The summed E-state index contributed by atoms with van der Waals surface area (Å²) in [5, 5.41) is 3.39. The topological polar surface area (TPSA) is 66.5 Å². The van der Waals surface area contributed by atoms with E-state index in [4.69, 9.17) is 11.6 Å². The fourth-order valence-corrected chi connectivity index (χ4v) is 3.30. The van der Waals surface area contributed by atoms with E-state index in [2.05, 4.69) is 5.32 Å². The molecule has 3 amide bonds. The van der Waals surface area contributed by atoms with Gasteiger partial charge in [-0.3, -0.25) is 14.4 Å². The van der Waals surface area contributed by atoms with E-state index in [0.29, 0.717) is 33.1 Å². The van der Waals surface area contributed by atoms with Crippen LogP contribution in [0.2, 0.25) is 5.02 Å². The van der Waals surface area contributed by atoms with Crippen LogP contribution in [0.1, 0.15) is 36.6 Å². The number of halogens is 1. The summed E-state index contributed by atoms with van der Waals surface area (Å²) in [6, 6.07) is 18.3. The molecule has 1 heterocycles. The SMILES string of the molecule is Cc1c(Cl)cccc1NC(=O)c1ccc(N2C(=O)c3ccccc3C2=O)cc1. The van der Waals surface area contributed by atoms with E-state index < -0.39 is 0 Å². The average molecular weight is 391 g/mol. The minimum Gasteiger partial charge on any atom is -0.322 e. The highest BCUT2D eigenvalue weighted by Gasteiger charge is 2.36. The number of hydrogen-bond acceptors (Lipinski definition) is 3. The lowest BCUT2D eigenvalue weighted by Crippen LogP contribution is -2.29. The molecule has 1 aliphatic heterocycles. The van der Waals surface area contributed by atoms with Crippen molar-refractivity contribution in [3.05, 3.63) is 94.0 Å². The molecule has 138 valence electrons. The van der Waals surface area contributed by atoms with Crippen LogP contribution in [0, 0.1) is 6.92 Å². The molecule has 0 radical (unpaired) electrons. The number of nitrogens with zero attached hydrogens (tertiary/aromatic N) is 1. The van der Waals surface area contributed by atoms with Crippen LogP contribution in [0.3, 0.4) is 0 Å². The summed E-state index contributed by atoms with van der Waals surface area (Å²) in [5.74, 6) is -1.04. The lowest BCUT2D eigenvalue weighted by atomic mass is 10.1. The minimum atomic E-state index is -0.368. The number of amides is 3. The first-order valence-electron chi connectivity index (χ1n) is 8.61. The van der Waals surface area contributed by atoms with Crippen molar-refractivity contribution in [2.45, 2.75) is 6.92 Å². The molecule has 0 aliphatic carbocycles. The van der Waals surface area contributed by atoms with Crippen LogP contribution < -0.4 is 10.2 Å². The zero-order chi connectivity index (χ0) is 19.8. The molecule has 3 aromatic rings. The Hall–Kier alpha value is -3.44. The number of carbonyl (C=O) groups excluding carboxylic acids is 3. The summed E-state index contributed by atoms with van der Waals surface area (Å²) in [6.07, 6.45) is 0.